The molecule has 0 saturated carbocycles. The Morgan fingerprint density at radius 3 is 3.20 bits per heavy atom. The molecule has 0 aromatic heterocycles. The van der Waals surface area contributed by atoms with E-state index in [2.05, 4.69) is 19.6 Å². The van der Waals surface area contributed by atoms with Crippen LogP contribution in [0.3, 0.4) is 0 Å². The van der Waals surface area contributed by atoms with Gasteiger partial charge in [0.2, 0.25) is 0 Å². The maximum atomic E-state index is 5.43. The number of rotatable bonds is 3. The molecule has 0 amide bonds. The van der Waals surface area contributed by atoms with Crippen LogP contribution in [0.1, 0.15) is 19.8 Å². The van der Waals surface area contributed by atoms with E-state index in [0.29, 0.717) is 12.7 Å². The van der Waals surface area contributed by atoms with Crippen LogP contribution in [0.15, 0.2) is 24.3 Å². The largest absolute Gasteiger partial charge is 0.370 e. The molecule has 0 N–H and O–H groups in total. The van der Waals surface area contributed by atoms with E-state index in [-0.39, 0.29) is 0 Å². The third-order valence-corrected chi connectivity index (χ3v) is 1.72. The molecule has 0 saturated heterocycles. The molecule has 1 rings (SSSR count). The molecular formula is C9H14O. The smallest absolute Gasteiger partial charge is 0.0765 e. The second-order valence-electron chi connectivity index (χ2n) is 2.71. The van der Waals surface area contributed by atoms with Gasteiger partial charge in [-0.2, -0.15) is 0 Å². The Labute approximate surface area is 62.4 Å². The zero-order valence-corrected chi connectivity index (χ0v) is 6.47. The maximum Gasteiger partial charge on any atom is 0.0765 e. The third-order valence-electron chi connectivity index (χ3n) is 1.72. The van der Waals surface area contributed by atoms with Gasteiger partial charge in [-0.05, 0) is 19.8 Å². The zero-order valence-electron chi connectivity index (χ0n) is 6.47. The van der Waals surface area contributed by atoms with Crippen LogP contribution in [0.25, 0.3) is 0 Å². The van der Waals surface area contributed by atoms with E-state index in [1.54, 1.807) is 6.08 Å². The van der Waals surface area contributed by atoms with Crippen LogP contribution in [-0.4, -0.2) is 12.7 Å². The van der Waals surface area contributed by atoms with Gasteiger partial charge in [0.05, 0.1) is 12.7 Å². The standard InChI is InChI=1S/C9H14O/c1-3-6-10-9-5-4-8(2)7-9/h3,7,9H,1,4-6H2,2H3. The summed E-state index contributed by atoms with van der Waals surface area (Å²) >= 11 is 0. The summed E-state index contributed by atoms with van der Waals surface area (Å²) in [6, 6.07) is 0. The lowest BCUT2D eigenvalue weighted by Gasteiger charge is -2.05. The minimum atomic E-state index is 0.359. The van der Waals surface area contributed by atoms with Gasteiger partial charge in [0.25, 0.3) is 0 Å². The van der Waals surface area contributed by atoms with Gasteiger partial charge in [-0.3, -0.25) is 0 Å². The maximum absolute atomic E-state index is 5.43. The van der Waals surface area contributed by atoms with Gasteiger partial charge in [-0.15, -0.1) is 6.58 Å². The quantitative estimate of drug-likeness (QED) is 0.544. The molecule has 56 valence electrons. The molecular weight excluding hydrogens is 124 g/mol. The number of hydrogen-bond acceptors (Lipinski definition) is 1. The molecule has 0 aliphatic heterocycles. The van der Waals surface area contributed by atoms with E-state index in [0.717, 1.165) is 6.42 Å². The Kier molecular flexibility index (Phi) is 2.69. The molecule has 0 bridgehead atoms. The highest BCUT2D eigenvalue weighted by Crippen LogP contribution is 2.19. The van der Waals surface area contributed by atoms with Crippen molar-refractivity contribution in [2.24, 2.45) is 0 Å². The van der Waals surface area contributed by atoms with Crippen molar-refractivity contribution >= 4 is 0 Å². The van der Waals surface area contributed by atoms with Crippen molar-refractivity contribution in [3.8, 4) is 0 Å². The van der Waals surface area contributed by atoms with Crippen LogP contribution in [0.5, 0.6) is 0 Å². The summed E-state index contributed by atoms with van der Waals surface area (Å²) in [7, 11) is 0. The first-order valence-corrected chi connectivity index (χ1v) is 3.72. The lowest BCUT2D eigenvalue weighted by molar-refractivity contribution is 0.109. The van der Waals surface area contributed by atoms with Crippen molar-refractivity contribution in [2.45, 2.75) is 25.9 Å². The number of hydrogen-bond donors (Lipinski definition) is 0. The van der Waals surface area contributed by atoms with Crippen molar-refractivity contribution in [1.82, 2.24) is 0 Å². The van der Waals surface area contributed by atoms with Crippen molar-refractivity contribution in [2.75, 3.05) is 6.61 Å². The first-order valence-electron chi connectivity index (χ1n) is 3.72. The number of ether oxygens (including phenoxy) is 1. The van der Waals surface area contributed by atoms with Crippen LogP contribution < -0.4 is 0 Å². The Morgan fingerprint density at radius 2 is 2.70 bits per heavy atom. The molecule has 0 aromatic carbocycles. The van der Waals surface area contributed by atoms with Gasteiger partial charge >= 0.3 is 0 Å². The van der Waals surface area contributed by atoms with Crippen molar-refractivity contribution in [3.63, 3.8) is 0 Å². The van der Waals surface area contributed by atoms with Crippen molar-refractivity contribution < 1.29 is 4.74 Å². The molecule has 10 heavy (non-hydrogen) atoms. The minimum absolute atomic E-state index is 0.359. The molecule has 1 nitrogen and oxygen atoms in total. The zero-order chi connectivity index (χ0) is 7.40. The molecule has 0 spiro atoms. The van der Waals surface area contributed by atoms with E-state index in [1.165, 1.54) is 12.0 Å². The SMILES string of the molecule is C=CCOC1C=C(C)CC1. The molecule has 1 heteroatoms. The van der Waals surface area contributed by atoms with E-state index in [4.69, 9.17) is 4.74 Å². The average Bonchev–Trinajstić information content (AvgIpc) is 2.31. The fourth-order valence-electron chi connectivity index (χ4n) is 1.18. The van der Waals surface area contributed by atoms with Crippen LogP contribution in [-0.2, 0) is 4.74 Å². The lowest BCUT2D eigenvalue weighted by atomic mass is 10.3. The molecule has 1 aliphatic carbocycles. The predicted molar refractivity (Wildman–Crippen MR) is 42.9 cm³/mol. The molecule has 0 aromatic rings. The lowest BCUT2D eigenvalue weighted by Crippen LogP contribution is -2.05. The summed E-state index contributed by atoms with van der Waals surface area (Å²) in [4.78, 5) is 0. The highest BCUT2D eigenvalue weighted by Gasteiger charge is 2.11. The van der Waals surface area contributed by atoms with Gasteiger partial charge in [-0.25, -0.2) is 0 Å². The van der Waals surface area contributed by atoms with Gasteiger partial charge in [-0.1, -0.05) is 17.7 Å². The van der Waals surface area contributed by atoms with Crippen molar-refractivity contribution in [3.05, 3.63) is 24.3 Å². The summed E-state index contributed by atoms with van der Waals surface area (Å²) in [6.45, 7) is 6.42. The average molecular weight is 138 g/mol. The third kappa shape index (κ3) is 1.99. The van der Waals surface area contributed by atoms with E-state index >= 15 is 0 Å². The van der Waals surface area contributed by atoms with E-state index < -0.39 is 0 Å². The fourth-order valence-corrected chi connectivity index (χ4v) is 1.18. The fraction of sp³-hybridized carbons (Fsp3) is 0.556. The molecule has 0 heterocycles. The topological polar surface area (TPSA) is 9.23 Å². The normalized spacial score (nSPS) is 24.5. The highest BCUT2D eigenvalue weighted by atomic mass is 16.5. The Hall–Kier alpha value is -0.560. The summed E-state index contributed by atoms with van der Waals surface area (Å²) in [5.74, 6) is 0. The summed E-state index contributed by atoms with van der Waals surface area (Å²) < 4.78 is 5.43. The number of allylic oxidation sites excluding steroid dienone is 1. The molecule has 0 radical (unpaired) electrons. The Balaban J connectivity index is 2.24. The monoisotopic (exact) mass is 138 g/mol. The summed E-state index contributed by atoms with van der Waals surface area (Å²) in [5, 5.41) is 0. The van der Waals surface area contributed by atoms with Crippen LogP contribution in [0, 0.1) is 0 Å². The first-order chi connectivity index (χ1) is 4.83. The first kappa shape index (κ1) is 7.55. The van der Waals surface area contributed by atoms with Crippen LogP contribution in [0.2, 0.25) is 0 Å². The summed E-state index contributed by atoms with van der Waals surface area (Å²) in [5.41, 5.74) is 1.45. The molecule has 1 atom stereocenters. The van der Waals surface area contributed by atoms with Gasteiger partial charge in [0, 0.05) is 0 Å². The van der Waals surface area contributed by atoms with Gasteiger partial charge < -0.3 is 4.74 Å². The molecule has 1 aliphatic rings. The van der Waals surface area contributed by atoms with Gasteiger partial charge in [0.15, 0.2) is 0 Å². The van der Waals surface area contributed by atoms with Crippen LogP contribution in [0.4, 0.5) is 0 Å². The van der Waals surface area contributed by atoms with Crippen LogP contribution >= 0.6 is 0 Å². The molecule has 0 fully saturated rings. The van der Waals surface area contributed by atoms with Crippen molar-refractivity contribution in [1.29, 1.82) is 0 Å². The van der Waals surface area contributed by atoms with E-state index in [1.807, 2.05) is 0 Å². The second-order valence-corrected chi connectivity index (χ2v) is 2.71. The summed E-state index contributed by atoms with van der Waals surface area (Å²) in [6.07, 6.45) is 6.70. The van der Waals surface area contributed by atoms with E-state index in [9.17, 15) is 0 Å². The Morgan fingerprint density at radius 1 is 1.90 bits per heavy atom. The van der Waals surface area contributed by atoms with Gasteiger partial charge in [0.1, 0.15) is 0 Å². The highest BCUT2D eigenvalue weighted by molar-refractivity contribution is 5.09. The second kappa shape index (κ2) is 3.57. The predicted octanol–water partition coefficient (Wildman–Crippen LogP) is 2.30. The Bertz CT molecular complexity index is 147. The molecule has 1 unspecified atom stereocenters. The minimum Gasteiger partial charge on any atom is -0.370 e.